The molecule has 4 aliphatic heterocycles. The Morgan fingerprint density at radius 1 is 1.03 bits per heavy atom. The van der Waals surface area contributed by atoms with Crippen molar-refractivity contribution in [1.29, 1.82) is 0 Å². The number of amides is 1. The van der Waals surface area contributed by atoms with Gasteiger partial charge in [-0.3, -0.25) is 0 Å². The number of hydrogen-bond acceptors (Lipinski definition) is 11. The standard InChI is InChI=1S/C46H49FN6O7/c1-6-27-10-12-28(13-11-27)23-58-42-40(39-26(2)36(47)19-37-35(39)20-48-53(37)38-9-7-8-16-57-38)33(29-14-15-29)18-34-41(42)49-44(59-32-24-56-25-32)50-43(34)51-21-31-17-30(51)22-52(31)45(54)60-46(3,4)55-5/h1,10-13,18-20,29-32,38H,7-9,14-17,21-25H2,2-5H3/t30-,31-,38?/m0/s1. The van der Waals surface area contributed by atoms with Gasteiger partial charge < -0.3 is 38.2 Å². The number of carbonyl (C=O) groups is 1. The summed E-state index contributed by atoms with van der Waals surface area (Å²) in [6.07, 6.45) is 12.1. The smallest absolute Gasteiger partial charge is 0.412 e. The molecule has 60 heavy (non-hydrogen) atoms. The zero-order valence-corrected chi connectivity index (χ0v) is 34.4. The number of terminal acetylenes is 1. The maximum Gasteiger partial charge on any atom is 0.412 e. The lowest BCUT2D eigenvalue weighted by atomic mass is 9.88. The first kappa shape index (κ1) is 38.7. The summed E-state index contributed by atoms with van der Waals surface area (Å²) in [7, 11) is 1.52. The third kappa shape index (κ3) is 6.96. The zero-order valence-electron chi connectivity index (χ0n) is 34.4. The van der Waals surface area contributed by atoms with Crippen LogP contribution in [0.1, 0.15) is 86.8 Å². The van der Waals surface area contributed by atoms with Gasteiger partial charge in [-0.25, -0.2) is 13.9 Å². The fraction of sp³-hybridized carbons (Fsp3) is 0.478. The zero-order chi connectivity index (χ0) is 41.3. The maximum atomic E-state index is 16.5. The molecule has 4 saturated heterocycles. The summed E-state index contributed by atoms with van der Waals surface area (Å²) in [5.74, 6) is 2.72. The van der Waals surface area contributed by atoms with Gasteiger partial charge in [-0.05, 0) is 86.3 Å². The summed E-state index contributed by atoms with van der Waals surface area (Å²) >= 11 is 0. The largest absolute Gasteiger partial charge is 0.486 e. The summed E-state index contributed by atoms with van der Waals surface area (Å²) in [5, 5.41) is 6.44. The molecule has 5 fully saturated rings. The van der Waals surface area contributed by atoms with Crippen LogP contribution in [0.3, 0.4) is 0 Å². The molecule has 1 unspecified atom stereocenters. The number of fused-ring (bicyclic) bond motifs is 4. The van der Waals surface area contributed by atoms with Gasteiger partial charge in [0.15, 0.2) is 12.0 Å². The monoisotopic (exact) mass is 816 g/mol. The Morgan fingerprint density at radius 3 is 2.52 bits per heavy atom. The quantitative estimate of drug-likeness (QED) is 0.0960. The van der Waals surface area contributed by atoms with Gasteiger partial charge in [-0.1, -0.05) is 18.1 Å². The molecule has 6 heterocycles. The molecule has 2 aromatic heterocycles. The number of carbonyl (C=O) groups excluding carboxylic acids is 1. The molecule has 3 aromatic carbocycles. The molecule has 0 radical (unpaired) electrons. The number of nitrogens with zero attached hydrogens (tertiary/aromatic N) is 6. The summed E-state index contributed by atoms with van der Waals surface area (Å²) in [4.78, 5) is 27.7. The number of hydrogen-bond donors (Lipinski definition) is 0. The van der Waals surface area contributed by atoms with Crippen LogP contribution >= 0.6 is 0 Å². The van der Waals surface area contributed by atoms with Crippen molar-refractivity contribution in [2.24, 2.45) is 0 Å². The average Bonchev–Trinajstić information content (AvgIpc) is 3.68. The lowest BCUT2D eigenvalue weighted by Crippen LogP contribution is -2.50. The van der Waals surface area contributed by atoms with E-state index >= 15 is 4.39 Å². The topological polar surface area (TPSA) is 123 Å². The molecular weight excluding hydrogens is 768 g/mol. The molecule has 0 N–H and O–H groups in total. The minimum atomic E-state index is -1.05. The third-order valence-corrected chi connectivity index (χ3v) is 12.7. The highest BCUT2D eigenvalue weighted by Gasteiger charge is 2.48. The predicted molar refractivity (Wildman–Crippen MR) is 222 cm³/mol. The fourth-order valence-electron chi connectivity index (χ4n) is 9.08. The van der Waals surface area contributed by atoms with Crippen LogP contribution in [-0.4, -0.2) is 94.7 Å². The summed E-state index contributed by atoms with van der Waals surface area (Å²) in [6, 6.07) is 11.5. The number of anilines is 1. The lowest BCUT2D eigenvalue weighted by molar-refractivity contribution is -0.164. The Labute approximate surface area is 348 Å². The van der Waals surface area contributed by atoms with Crippen LogP contribution in [0.15, 0.2) is 42.6 Å². The van der Waals surface area contributed by atoms with Gasteiger partial charge in [0, 0.05) is 74.2 Å². The molecule has 3 atom stereocenters. The van der Waals surface area contributed by atoms with Crippen molar-refractivity contribution in [2.75, 3.05) is 44.9 Å². The molecule has 14 heteroatoms. The van der Waals surface area contributed by atoms with E-state index in [-0.39, 0.29) is 48.8 Å². The van der Waals surface area contributed by atoms with Crippen LogP contribution < -0.4 is 14.4 Å². The van der Waals surface area contributed by atoms with Crippen molar-refractivity contribution in [3.05, 3.63) is 70.7 Å². The third-order valence-electron chi connectivity index (χ3n) is 12.7. The molecule has 5 aliphatic rings. The van der Waals surface area contributed by atoms with Crippen LogP contribution in [0.25, 0.3) is 32.9 Å². The first-order valence-electron chi connectivity index (χ1n) is 21.0. The second kappa shape index (κ2) is 15.2. The number of rotatable bonds is 11. The van der Waals surface area contributed by atoms with Gasteiger partial charge in [0.2, 0.25) is 5.79 Å². The van der Waals surface area contributed by atoms with E-state index in [1.165, 1.54) is 7.11 Å². The van der Waals surface area contributed by atoms with E-state index < -0.39 is 11.9 Å². The minimum Gasteiger partial charge on any atom is -0.486 e. The normalized spacial score (nSPS) is 21.7. The molecule has 1 amide bonds. The van der Waals surface area contributed by atoms with E-state index in [4.69, 9.17) is 49.9 Å². The Kier molecular flexibility index (Phi) is 9.81. The number of methoxy groups -OCH3 is 1. The number of ether oxygens (including phenoxy) is 6. The molecule has 13 nitrogen and oxygen atoms in total. The highest BCUT2D eigenvalue weighted by molar-refractivity contribution is 6.06. The number of aromatic nitrogens is 4. The Morgan fingerprint density at radius 2 is 1.85 bits per heavy atom. The van der Waals surface area contributed by atoms with Crippen molar-refractivity contribution in [2.45, 2.75) is 102 Å². The van der Waals surface area contributed by atoms with Gasteiger partial charge in [0.1, 0.15) is 29.9 Å². The van der Waals surface area contributed by atoms with E-state index in [2.05, 4.69) is 16.9 Å². The number of piperazine rings is 1. The van der Waals surface area contributed by atoms with Crippen LogP contribution in [0.2, 0.25) is 0 Å². The first-order chi connectivity index (χ1) is 29.1. The summed E-state index contributed by atoms with van der Waals surface area (Å²) < 4.78 is 54.5. The van der Waals surface area contributed by atoms with Crippen molar-refractivity contribution < 1.29 is 37.6 Å². The molecular formula is C46H49FN6O7. The number of likely N-dealkylation sites (tertiary alicyclic amines) is 1. The highest BCUT2D eigenvalue weighted by atomic mass is 19.1. The summed E-state index contributed by atoms with van der Waals surface area (Å²) in [5.41, 5.74) is 5.94. The highest BCUT2D eigenvalue weighted by Crippen LogP contribution is 2.54. The minimum absolute atomic E-state index is 0.0350. The maximum absolute atomic E-state index is 16.5. The molecule has 1 aliphatic carbocycles. The van der Waals surface area contributed by atoms with E-state index in [0.717, 1.165) is 77.1 Å². The molecule has 10 rings (SSSR count). The molecule has 0 spiro atoms. The van der Waals surface area contributed by atoms with Gasteiger partial charge in [0.05, 0.1) is 37.0 Å². The van der Waals surface area contributed by atoms with E-state index in [1.807, 2.05) is 42.1 Å². The molecule has 2 bridgehead atoms. The average molecular weight is 817 g/mol. The SMILES string of the molecule is C#Cc1ccc(COc2c(-c3c(C)c(F)cc4c3cnn4C3CCCCO3)c(C3CC3)cc3c(N4C[C@@H]5C[C@H]4CN5C(=O)OC(C)(C)OC)nc(OC4COC4)nc23)cc1. The van der Waals surface area contributed by atoms with Crippen LogP contribution in [0.5, 0.6) is 11.8 Å². The van der Waals surface area contributed by atoms with Gasteiger partial charge in [-0.15, -0.1) is 6.42 Å². The van der Waals surface area contributed by atoms with Crippen LogP contribution in [0.4, 0.5) is 15.0 Å². The van der Waals surface area contributed by atoms with Crippen molar-refractivity contribution in [3.63, 3.8) is 0 Å². The van der Waals surface area contributed by atoms with Crippen molar-refractivity contribution in [1.82, 2.24) is 24.6 Å². The predicted octanol–water partition coefficient (Wildman–Crippen LogP) is 7.79. The number of benzene rings is 3. The summed E-state index contributed by atoms with van der Waals surface area (Å²) in [6.45, 7) is 7.95. The molecule has 5 aromatic rings. The molecule has 1 saturated carbocycles. The lowest BCUT2D eigenvalue weighted by Gasteiger charge is -2.36. The fourth-order valence-corrected chi connectivity index (χ4v) is 9.08. The number of halogens is 1. The Bertz CT molecular complexity index is 2520. The molecule has 312 valence electrons. The van der Waals surface area contributed by atoms with Gasteiger partial charge in [-0.2, -0.15) is 15.1 Å². The Balaban J connectivity index is 1.16. The second-order valence-electron chi connectivity index (χ2n) is 17.1. The van der Waals surface area contributed by atoms with Gasteiger partial charge in [0.25, 0.3) is 0 Å². The second-order valence-corrected chi connectivity index (χ2v) is 17.1. The Hall–Kier alpha value is -5.49. The van der Waals surface area contributed by atoms with E-state index in [0.29, 0.717) is 61.1 Å². The van der Waals surface area contributed by atoms with Crippen LogP contribution in [-0.2, 0) is 25.6 Å². The first-order valence-corrected chi connectivity index (χ1v) is 21.0. The van der Waals surface area contributed by atoms with Gasteiger partial charge >= 0.3 is 12.1 Å². The van der Waals surface area contributed by atoms with E-state index in [9.17, 15) is 4.79 Å². The van der Waals surface area contributed by atoms with Crippen molar-refractivity contribution in [3.8, 4) is 35.2 Å². The van der Waals surface area contributed by atoms with Crippen LogP contribution in [0, 0.1) is 25.1 Å². The van der Waals surface area contributed by atoms with Crippen molar-refractivity contribution >= 4 is 33.7 Å². The van der Waals surface area contributed by atoms with E-state index in [1.54, 1.807) is 24.8 Å².